The Hall–Kier alpha value is -1.87. The number of nitrogens with zero attached hydrogens (tertiary/aromatic N) is 5. The highest BCUT2D eigenvalue weighted by atomic mass is 32.1. The molecular formula is C19H25N5O2S2. The van der Waals surface area contributed by atoms with E-state index < -0.39 is 0 Å². The SMILES string of the molecule is Cc1nnsc1C(=O)N1CCC([C@H]2CCCCN2C(=O)c2scnc2C)CC1. The molecule has 4 rings (SSSR count). The molecule has 2 fully saturated rings. The van der Waals surface area contributed by atoms with Crippen LogP contribution in [0.15, 0.2) is 5.51 Å². The lowest BCUT2D eigenvalue weighted by Crippen LogP contribution is -2.50. The molecule has 2 aliphatic heterocycles. The van der Waals surface area contributed by atoms with Gasteiger partial charge in [-0.15, -0.1) is 16.4 Å². The van der Waals surface area contributed by atoms with Crippen molar-refractivity contribution in [2.24, 2.45) is 5.92 Å². The van der Waals surface area contributed by atoms with E-state index >= 15 is 0 Å². The van der Waals surface area contributed by atoms with E-state index in [2.05, 4.69) is 19.5 Å². The van der Waals surface area contributed by atoms with Gasteiger partial charge in [0, 0.05) is 25.7 Å². The van der Waals surface area contributed by atoms with Gasteiger partial charge in [0.15, 0.2) is 0 Å². The van der Waals surface area contributed by atoms with Crippen LogP contribution in [-0.2, 0) is 0 Å². The molecule has 0 spiro atoms. The number of rotatable bonds is 3. The van der Waals surface area contributed by atoms with E-state index in [0.29, 0.717) is 16.5 Å². The summed E-state index contributed by atoms with van der Waals surface area (Å²) in [7, 11) is 0. The number of carbonyl (C=O) groups excluding carboxylic acids is 2. The van der Waals surface area contributed by atoms with Crippen LogP contribution >= 0.6 is 22.9 Å². The zero-order valence-corrected chi connectivity index (χ0v) is 17.9. The standard InChI is InChI=1S/C19H25N5O2S2/c1-12-16(27-11-20-12)19(26)24-8-4-3-5-15(24)14-6-9-23(10-7-14)18(25)17-13(2)21-22-28-17/h11,14-15H,3-10H2,1-2H3/t15-/m1/s1. The van der Waals surface area contributed by atoms with Crippen LogP contribution in [0.3, 0.4) is 0 Å². The first-order chi connectivity index (χ1) is 13.6. The van der Waals surface area contributed by atoms with E-state index in [0.717, 1.165) is 55.9 Å². The van der Waals surface area contributed by atoms with Gasteiger partial charge in [-0.05, 0) is 63.4 Å². The Morgan fingerprint density at radius 1 is 1.00 bits per heavy atom. The first-order valence-electron chi connectivity index (χ1n) is 9.85. The molecule has 0 radical (unpaired) electrons. The fourth-order valence-electron chi connectivity index (χ4n) is 4.40. The van der Waals surface area contributed by atoms with Gasteiger partial charge in [0.1, 0.15) is 9.75 Å². The van der Waals surface area contributed by atoms with Crippen LogP contribution in [0, 0.1) is 19.8 Å². The predicted octanol–water partition coefficient (Wildman–Crippen LogP) is 3.16. The van der Waals surface area contributed by atoms with Crippen LogP contribution in [0.5, 0.6) is 0 Å². The van der Waals surface area contributed by atoms with Crippen LogP contribution < -0.4 is 0 Å². The lowest BCUT2D eigenvalue weighted by atomic mass is 9.83. The third kappa shape index (κ3) is 3.69. The van der Waals surface area contributed by atoms with E-state index in [1.807, 2.05) is 18.7 Å². The maximum absolute atomic E-state index is 13.1. The molecule has 2 aromatic rings. The van der Waals surface area contributed by atoms with Gasteiger partial charge in [-0.25, -0.2) is 4.98 Å². The number of likely N-dealkylation sites (tertiary alicyclic amines) is 2. The number of amides is 2. The number of piperidine rings is 2. The molecule has 28 heavy (non-hydrogen) atoms. The van der Waals surface area contributed by atoms with E-state index in [-0.39, 0.29) is 17.9 Å². The summed E-state index contributed by atoms with van der Waals surface area (Å²) in [6, 6.07) is 0.270. The molecule has 0 unspecified atom stereocenters. The van der Waals surface area contributed by atoms with Crippen molar-refractivity contribution in [2.45, 2.75) is 52.0 Å². The minimum absolute atomic E-state index is 0.0443. The normalized spacial score (nSPS) is 21.1. The number of hydrogen-bond acceptors (Lipinski definition) is 7. The van der Waals surface area contributed by atoms with Crippen molar-refractivity contribution >= 4 is 34.7 Å². The smallest absolute Gasteiger partial charge is 0.267 e. The molecular weight excluding hydrogens is 394 g/mol. The molecule has 1 atom stereocenters. The molecule has 0 aromatic carbocycles. The Morgan fingerprint density at radius 2 is 1.79 bits per heavy atom. The second-order valence-electron chi connectivity index (χ2n) is 7.65. The summed E-state index contributed by atoms with van der Waals surface area (Å²) in [6.07, 6.45) is 5.16. The van der Waals surface area contributed by atoms with Gasteiger partial charge in [0.2, 0.25) is 0 Å². The van der Waals surface area contributed by atoms with Crippen molar-refractivity contribution in [3.8, 4) is 0 Å². The quantitative estimate of drug-likeness (QED) is 0.764. The van der Waals surface area contributed by atoms with Crippen LogP contribution in [-0.4, -0.2) is 61.9 Å². The monoisotopic (exact) mass is 419 g/mol. The summed E-state index contributed by atoms with van der Waals surface area (Å²) < 4.78 is 3.88. The maximum Gasteiger partial charge on any atom is 0.267 e. The molecule has 9 heteroatoms. The molecule has 7 nitrogen and oxygen atoms in total. The molecule has 2 aliphatic rings. The summed E-state index contributed by atoms with van der Waals surface area (Å²) in [5.41, 5.74) is 3.29. The van der Waals surface area contributed by atoms with Crippen LogP contribution in [0.2, 0.25) is 0 Å². The van der Waals surface area contributed by atoms with Gasteiger partial charge >= 0.3 is 0 Å². The highest BCUT2D eigenvalue weighted by molar-refractivity contribution is 7.11. The summed E-state index contributed by atoms with van der Waals surface area (Å²) >= 11 is 2.61. The molecule has 0 aliphatic carbocycles. The zero-order chi connectivity index (χ0) is 19.7. The maximum atomic E-state index is 13.1. The summed E-state index contributed by atoms with van der Waals surface area (Å²) in [5, 5.41) is 3.95. The number of aromatic nitrogens is 3. The first kappa shape index (κ1) is 19.4. The molecule has 0 saturated carbocycles. The molecule has 0 bridgehead atoms. The minimum Gasteiger partial charge on any atom is -0.338 e. The molecule has 4 heterocycles. The van der Waals surface area contributed by atoms with Crippen LogP contribution in [0.1, 0.15) is 62.8 Å². The summed E-state index contributed by atoms with van der Waals surface area (Å²) in [6.45, 7) is 6.03. The highest BCUT2D eigenvalue weighted by Gasteiger charge is 2.37. The van der Waals surface area contributed by atoms with Gasteiger partial charge in [0.05, 0.1) is 16.9 Å². The van der Waals surface area contributed by atoms with Gasteiger partial charge in [-0.3, -0.25) is 9.59 Å². The van der Waals surface area contributed by atoms with Crippen molar-refractivity contribution < 1.29 is 9.59 Å². The predicted molar refractivity (Wildman–Crippen MR) is 109 cm³/mol. The van der Waals surface area contributed by atoms with Gasteiger partial charge in [-0.2, -0.15) is 0 Å². The topological polar surface area (TPSA) is 79.3 Å². The van der Waals surface area contributed by atoms with E-state index in [4.69, 9.17) is 0 Å². The third-order valence-electron chi connectivity index (χ3n) is 5.97. The van der Waals surface area contributed by atoms with Gasteiger partial charge in [-0.1, -0.05) is 4.49 Å². The summed E-state index contributed by atoms with van der Waals surface area (Å²) in [4.78, 5) is 35.5. The fraction of sp³-hybridized carbons (Fsp3) is 0.632. The number of thiazole rings is 1. The van der Waals surface area contributed by atoms with Crippen molar-refractivity contribution in [3.63, 3.8) is 0 Å². The highest BCUT2D eigenvalue weighted by Crippen LogP contribution is 2.33. The molecule has 2 amide bonds. The van der Waals surface area contributed by atoms with Crippen molar-refractivity contribution in [3.05, 3.63) is 26.7 Å². The largest absolute Gasteiger partial charge is 0.338 e. The average Bonchev–Trinajstić information content (AvgIpc) is 3.35. The van der Waals surface area contributed by atoms with Crippen molar-refractivity contribution in [1.29, 1.82) is 0 Å². The molecule has 150 valence electrons. The second kappa shape index (κ2) is 8.24. The molecule has 0 N–H and O–H groups in total. The average molecular weight is 420 g/mol. The second-order valence-corrected chi connectivity index (χ2v) is 9.25. The first-order valence-corrected chi connectivity index (χ1v) is 11.5. The summed E-state index contributed by atoms with van der Waals surface area (Å²) in [5.74, 6) is 0.625. The number of hydrogen-bond donors (Lipinski definition) is 0. The van der Waals surface area contributed by atoms with E-state index in [1.165, 1.54) is 29.3 Å². The lowest BCUT2D eigenvalue weighted by Gasteiger charge is -2.43. The fourth-order valence-corrected chi connectivity index (χ4v) is 5.78. The zero-order valence-electron chi connectivity index (χ0n) is 16.3. The number of carbonyl (C=O) groups is 2. The minimum atomic E-state index is 0.0443. The Kier molecular flexibility index (Phi) is 5.73. The van der Waals surface area contributed by atoms with Crippen LogP contribution in [0.4, 0.5) is 0 Å². The van der Waals surface area contributed by atoms with Crippen LogP contribution in [0.25, 0.3) is 0 Å². The third-order valence-corrected chi connectivity index (χ3v) is 7.70. The van der Waals surface area contributed by atoms with Gasteiger partial charge < -0.3 is 9.80 Å². The Labute approximate surface area is 172 Å². The lowest BCUT2D eigenvalue weighted by molar-refractivity contribution is 0.0378. The Balaban J connectivity index is 1.42. The van der Waals surface area contributed by atoms with E-state index in [1.54, 1.807) is 5.51 Å². The van der Waals surface area contributed by atoms with Gasteiger partial charge in [0.25, 0.3) is 11.8 Å². The number of aryl methyl sites for hydroxylation is 2. The molecule has 2 saturated heterocycles. The Morgan fingerprint density at radius 3 is 2.43 bits per heavy atom. The molecule has 2 aromatic heterocycles. The van der Waals surface area contributed by atoms with Crippen molar-refractivity contribution in [2.75, 3.05) is 19.6 Å². The van der Waals surface area contributed by atoms with Crippen molar-refractivity contribution in [1.82, 2.24) is 24.4 Å². The Bertz CT molecular complexity index is 856. The van der Waals surface area contributed by atoms with E-state index in [9.17, 15) is 9.59 Å².